The van der Waals surface area contributed by atoms with Gasteiger partial charge in [0.2, 0.25) is 0 Å². The highest BCUT2D eigenvalue weighted by molar-refractivity contribution is 4.82. The number of nitrogens with one attached hydrogen (secondary N) is 1. The lowest BCUT2D eigenvalue weighted by Gasteiger charge is -2.36. The molecule has 90 valence electrons. The molecule has 3 nitrogen and oxygen atoms in total. The highest BCUT2D eigenvalue weighted by Gasteiger charge is 2.22. The zero-order valence-corrected chi connectivity index (χ0v) is 11.0. The van der Waals surface area contributed by atoms with Gasteiger partial charge in [-0.3, -0.25) is 0 Å². The van der Waals surface area contributed by atoms with E-state index in [0.29, 0.717) is 6.04 Å². The Hall–Kier alpha value is -0.120. The minimum absolute atomic E-state index is 0.625. The van der Waals surface area contributed by atoms with Gasteiger partial charge in [-0.2, -0.15) is 0 Å². The summed E-state index contributed by atoms with van der Waals surface area (Å²) in [6.45, 7) is 6.93. The van der Waals surface area contributed by atoms with E-state index in [2.05, 4.69) is 50.1 Å². The highest BCUT2D eigenvalue weighted by atomic mass is 15.2. The molecule has 0 saturated carbocycles. The predicted octanol–water partition coefficient (Wildman–Crippen LogP) is 1.01. The molecule has 3 atom stereocenters. The molecule has 1 aliphatic heterocycles. The molecule has 1 saturated heterocycles. The SMILES string of the molecule is CC(CNC1CCN(C)C(C)C1)N(C)C. The van der Waals surface area contributed by atoms with Gasteiger partial charge in [0.15, 0.2) is 0 Å². The summed E-state index contributed by atoms with van der Waals surface area (Å²) in [6, 6.07) is 2.07. The van der Waals surface area contributed by atoms with E-state index >= 15 is 0 Å². The van der Waals surface area contributed by atoms with E-state index in [-0.39, 0.29) is 0 Å². The Kier molecular flexibility index (Phi) is 5.03. The van der Waals surface area contributed by atoms with Crippen molar-refractivity contribution >= 4 is 0 Å². The third-order valence-electron chi connectivity index (χ3n) is 3.79. The van der Waals surface area contributed by atoms with Gasteiger partial charge < -0.3 is 15.1 Å². The summed E-state index contributed by atoms with van der Waals surface area (Å²) >= 11 is 0. The van der Waals surface area contributed by atoms with Gasteiger partial charge in [0.1, 0.15) is 0 Å². The van der Waals surface area contributed by atoms with Gasteiger partial charge in [-0.25, -0.2) is 0 Å². The molecule has 3 heteroatoms. The molecule has 1 rings (SSSR count). The molecule has 0 aliphatic carbocycles. The molecule has 1 N–H and O–H groups in total. The van der Waals surface area contributed by atoms with Gasteiger partial charge in [0, 0.05) is 24.7 Å². The fourth-order valence-corrected chi connectivity index (χ4v) is 1.99. The van der Waals surface area contributed by atoms with Crippen LogP contribution in [0.4, 0.5) is 0 Å². The van der Waals surface area contributed by atoms with Gasteiger partial charge >= 0.3 is 0 Å². The quantitative estimate of drug-likeness (QED) is 0.752. The van der Waals surface area contributed by atoms with E-state index in [9.17, 15) is 0 Å². The molecule has 0 amide bonds. The molecule has 0 bridgehead atoms. The fraction of sp³-hybridized carbons (Fsp3) is 1.00. The number of likely N-dealkylation sites (tertiary alicyclic amines) is 1. The second kappa shape index (κ2) is 5.83. The molecule has 1 aliphatic rings. The first kappa shape index (κ1) is 12.9. The van der Waals surface area contributed by atoms with Crippen LogP contribution in [-0.4, -0.2) is 62.2 Å². The molecule has 0 aromatic rings. The summed E-state index contributed by atoms with van der Waals surface area (Å²) in [6.07, 6.45) is 2.58. The van der Waals surface area contributed by atoms with Crippen molar-refractivity contribution in [3.63, 3.8) is 0 Å². The van der Waals surface area contributed by atoms with Crippen LogP contribution >= 0.6 is 0 Å². The van der Waals surface area contributed by atoms with Gasteiger partial charge in [-0.15, -0.1) is 0 Å². The van der Waals surface area contributed by atoms with Crippen molar-refractivity contribution < 1.29 is 0 Å². The second-order valence-electron chi connectivity index (χ2n) is 5.27. The Labute approximate surface area is 94.8 Å². The number of piperidine rings is 1. The number of likely N-dealkylation sites (N-methyl/N-ethyl adjacent to an activating group) is 1. The average molecular weight is 213 g/mol. The van der Waals surface area contributed by atoms with E-state index in [4.69, 9.17) is 0 Å². The maximum absolute atomic E-state index is 3.69. The summed E-state index contributed by atoms with van der Waals surface area (Å²) in [5.74, 6) is 0. The lowest BCUT2D eigenvalue weighted by atomic mass is 9.99. The Morgan fingerprint density at radius 2 is 2.13 bits per heavy atom. The average Bonchev–Trinajstić information content (AvgIpc) is 2.19. The largest absolute Gasteiger partial charge is 0.312 e. The first-order valence-corrected chi connectivity index (χ1v) is 6.10. The summed E-state index contributed by atoms with van der Waals surface area (Å²) in [7, 11) is 6.51. The molecule has 1 heterocycles. The topological polar surface area (TPSA) is 18.5 Å². The van der Waals surface area contributed by atoms with E-state index in [0.717, 1.165) is 18.6 Å². The first-order chi connectivity index (χ1) is 7.00. The van der Waals surface area contributed by atoms with Gasteiger partial charge in [-0.05, 0) is 54.4 Å². The Bertz CT molecular complexity index is 182. The van der Waals surface area contributed by atoms with Gasteiger partial charge in [0.05, 0.1) is 0 Å². The molecule has 0 spiro atoms. The minimum Gasteiger partial charge on any atom is -0.312 e. The van der Waals surface area contributed by atoms with E-state index < -0.39 is 0 Å². The van der Waals surface area contributed by atoms with E-state index in [1.807, 2.05) is 0 Å². The molecular formula is C12H27N3. The molecule has 0 aromatic carbocycles. The van der Waals surface area contributed by atoms with Gasteiger partial charge in [0.25, 0.3) is 0 Å². The van der Waals surface area contributed by atoms with Crippen LogP contribution in [0.2, 0.25) is 0 Å². The van der Waals surface area contributed by atoms with Crippen LogP contribution in [0, 0.1) is 0 Å². The van der Waals surface area contributed by atoms with Crippen molar-refractivity contribution in [1.29, 1.82) is 0 Å². The third-order valence-corrected chi connectivity index (χ3v) is 3.79. The van der Waals surface area contributed by atoms with Crippen LogP contribution in [0.3, 0.4) is 0 Å². The maximum Gasteiger partial charge on any atom is 0.0186 e. The molecular weight excluding hydrogens is 186 g/mol. The molecule has 0 aromatic heterocycles. The van der Waals surface area contributed by atoms with Crippen LogP contribution in [0.25, 0.3) is 0 Å². The fourth-order valence-electron chi connectivity index (χ4n) is 1.99. The van der Waals surface area contributed by atoms with Crippen molar-refractivity contribution in [2.24, 2.45) is 0 Å². The van der Waals surface area contributed by atoms with Crippen LogP contribution in [0.5, 0.6) is 0 Å². The highest BCUT2D eigenvalue weighted by Crippen LogP contribution is 2.15. The zero-order chi connectivity index (χ0) is 11.4. The monoisotopic (exact) mass is 213 g/mol. The molecule has 15 heavy (non-hydrogen) atoms. The number of nitrogens with zero attached hydrogens (tertiary/aromatic N) is 2. The lowest BCUT2D eigenvalue weighted by Crippen LogP contribution is -2.48. The number of rotatable bonds is 4. The number of hydrogen-bond acceptors (Lipinski definition) is 3. The zero-order valence-electron chi connectivity index (χ0n) is 11.0. The summed E-state index contributed by atoms with van der Waals surface area (Å²) < 4.78 is 0. The summed E-state index contributed by atoms with van der Waals surface area (Å²) in [4.78, 5) is 4.72. The minimum atomic E-state index is 0.625. The van der Waals surface area contributed by atoms with Crippen LogP contribution < -0.4 is 5.32 Å². The Morgan fingerprint density at radius 3 is 2.67 bits per heavy atom. The molecule has 0 radical (unpaired) electrons. The van der Waals surface area contributed by atoms with Gasteiger partial charge in [-0.1, -0.05) is 0 Å². The smallest absolute Gasteiger partial charge is 0.0186 e. The van der Waals surface area contributed by atoms with E-state index in [1.165, 1.54) is 19.4 Å². The Balaban J connectivity index is 2.22. The van der Waals surface area contributed by atoms with Crippen LogP contribution in [0.1, 0.15) is 26.7 Å². The summed E-state index contributed by atoms with van der Waals surface area (Å²) in [5, 5.41) is 3.69. The number of hydrogen-bond donors (Lipinski definition) is 1. The van der Waals surface area contributed by atoms with Crippen molar-refractivity contribution in [3.8, 4) is 0 Å². The first-order valence-electron chi connectivity index (χ1n) is 6.10. The second-order valence-corrected chi connectivity index (χ2v) is 5.27. The molecule has 3 unspecified atom stereocenters. The maximum atomic E-state index is 3.69. The standard InChI is InChI=1S/C12H27N3/c1-10-8-12(6-7-15(10)5)13-9-11(2)14(3)4/h10-13H,6-9H2,1-5H3. The van der Waals surface area contributed by atoms with Crippen molar-refractivity contribution in [2.45, 2.75) is 44.8 Å². The molecule has 1 fully saturated rings. The predicted molar refractivity (Wildman–Crippen MR) is 66.3 cm³/mol. The van der Waals surface area contributed by atoms with Crippen molar-refractivity contribution in [2.75, 3.05) is 34.2 Å². The normalized spacial score (nSPS) is 30.8. The third kappa shape index (κ3) is 4.09. The van der Waals surface area contributed by atoms with Crippen LogP contribution in [0.15, 0.2) is 0 Å². The van der Waals surface area contributed by atoms with Crippen molar-refractivity contribution in [1.82, 2.24) is 15.1 Å². The summed E-state index contributed by atoms with van der Waals surface area (Å²) in [5.41, 5.74) is 0. The van der Waals surface area contributed by atoms with Crippen LogP contribution in [-0.2, 0) is 0 Å². The Morgan fingerprint density at radius 1 is 1.47 bits per heavy atom. The van der Waals surface area contributed by atoms with E-state index in [1.54, 1.807) is 0 Å². The lowest BCUT2D eigenvalue weighted by molar-refractivity contribution is 0.163. The van der Waals surface area contributed by atoms with Crippen molar-refractivity contribution in [3.05, 3.63) is 0 Å².